The Bertz CT molecular complexity index is 638. The number of benzene rings is 2. The van der Waals surface area contributed by atoms with E-state index < -0.39 is 11.6 Å². The molecule has 22 heavy (non-hydrogen) atoms. The zero-order chi connectivity index (χ0) is 15.5. The molecule has 1 saturated carbocycles. The van der Waals surface area contributed by atoms with Crippen molar-refractivity contribution in [3.8, 4) is 5.75 Å². The number of rotatable bonds is 6. The summed E-state index contributed by atoms with van der Waals surface area (Å²) in [4.78, 5) is 2.21. The molecule has 3 rings (SSSR count). The lowest BCUT2D eigenvalue weighted by Crippen LogP contribution is -2.25. The first-order valence-corrected chi connectivity index (χ1v) is 7.47. The highest BCUT2D eigenvalue weighted by molar-refractivity contribution is 5.27. The van der Waals surface area contributed by atoms with Crippen LogP contribution in [0.3, 0.4) is 0 Å². The van der Waals surface area contributed by atoms with Gasteiger partial charge < -0.3 is 4.74 Å². The highest BCUT2D eigenvalue weighted by Gasteiger charge is 2.29. The molecular weight excluding hydrogens is 284 g/mol. The van der Waals surface area contributed by atoms with Crippen LogP contribution in [0, 0.1) is 11.6 Å². The minimum atomic E-state index is -0.780. The van der Waals surface area contributed by atoms with E-state index in [1.807, 2.05) is 24.3 Å². The van der Waals surface area contributed by atoms with Gasteiger partial charge in [0.25, 0.3) is 0 Å². The van der Waals surface area contributed by atoms with E-state index in [9.17, 15) is 8.78 Å². The third-order valence-corrected chi connectivity index (χ3v) is 4.01. The molecular formula is C18H19F2NO. The molecule has 0 spiro atoms. The second-order valence-electron chi connectivity index (χ2n) is 5.70. The van der Waals surface area contributed by atoms with Gasteiger partial charge in [-0.05, 0) is 36.6 Å². The number of nitrogens with zero attached hydrogens (tertiary/aromatic N) is 1. The van der Waals surface area contributed by atoms with Crippen molar-refractivity contribution in [2.45, 2.75) is 32.0 Å². The van der Waals surface area contributed by atoms with E-state index in [-0.39, 0.29) is 0 Å². The van der Waals surface area contributed by atoms with Gasteiger partial charge >= 0.3 is 0 Å². The van der Waals surface area contributed by atoms with Crippen molar-refractivity contribution in [2.24, 2.45) is 0 Å². The molecule has 1 aliphatic carbocycles. The summed E-state index contributed by atoms with van der Waals surface area (Å²) >= 11 is 0. The first-order chi connectivity index (χ1) is 10.7. The maximum Gasteiger partial charge on any atom is 0.163 e. The number of ether oxygens (including phenoxy) is 1. The van der Waals surface area contributed by atoms with E-state index in [2.05, 4.69) is 4.90 Å². The van der Waals surface area contributed by atoms with Gasteiger partial charge in [0.1, 0.15) is 5.75 Å². The van der Waals surface area contributed by atoms with Crippen LogP contribution in [0.4, 0.5) is 8.78 Å². The van der Waals surface area contributed by atoms with Crippen molar-refractivity contribution < 1.29 is 13.5 Å². The van der Waals surface area contributed by atoms with Gasteiger partial charge in [0, 0.05) is 24.7 Å². The molecule has 4 heteroatoms. The fraction of sp³-hybridized carbons (Fsp3) is 0.333. The number of halogens is 2. The van der Waals surface area contributed by atoms with Crippen LogP contribution in [-0.2, 0) is 13.1 Å². The maximum absolute atomic E-state index is 13.9. The van der Waals surface area contributed by atoms with E-state index in [1.54, 1.807) is 19.2 Å². The summed E-state index contributed by atoms with van der Waals surface area (Å²) in [6.45, 7) is 1.16. The predicted octanol–water partition coefficient (Wildman–Crippen LogP) is 4.14. The van der Waals surface area contributed by atoms with Crippen molar-refractivity contribution in [3.05, 3.63) is 65.2 Å². The molecule has 0 atom stereocenters. The third kappa shape index (κ3) is 3.45. The van der Waals surface area contributed by atoms with Crippen molar-refractivity contribution >= 4 is 0 Å². The fourth-order valence-corrected chi connectivity index (χ4v) is 2.61. The summed E-state index contributed by atoms with van der Waals surface area (Å²) in [5.41, 5.74) is 1.56. The van der Waals surface area contributed by atoms with Crippen LogP contribution in [0.15, 0.2) is 42.5 Å². The lowest BCUT2D eigenvalue weighted by molar-refractivity contribution is 0.241. The van der Waals surface area contributed by atoms with Gasteiger partial charge in [-0.2, -0.15) is 0 Å². The Kier molecular flexibility index (Phi) is 4.39. The Balaban J connectivity index is 1.74. The van der Waals surface area contributed by atoms with Gasteiger partial charge in [0.2, 0.25) is 0 Å². The molecule has 1 fully saturated rings. The molecule has 0 unspecified atom stereocenters. The van der Waals surface area contributed by atoms with Gasteiger partial charge in [0.05, 0.1) is 7.11 Å². The van der Waals surface area contributed by atoms with Crippen molar-refractivity contribution in [1.82, 2.24) is 4.90 Å². The Morgan fingerprint density at radius 1 is 1.05 bits per heavy atom. The van der Waals surface area contributed by atoms with Crippen LogP contribution in [-0.4, -0.2) is 18.1 Å². The Morgan fingerprint density at radius 2 is 1.77 bits per heavy atom. The zero-order valence-electron chi connectivity index (χ0n) is 12.6. The standard InChI is InChI=1S/C18H19F2NO/c1-22-16-9-5-13(6-10-16)11-21(15-7-8-15)12-14-3-2-4-17(19)18(14)20/h2-6,9-10,15H,7-8,11-12H2,1H3. The van der Waals surface area contributed by atoms with E-state index in [1.165, 1.54) is 0 Å². The lowest BCUT2D eigenvalue weighted by Gasteiger charge is -2.22. The Labute approximate surface area is 129 Å². The number of hydrogen-bond acceptors (Lipinski definition) is 2. The summed E-state index contributed by atoms with van der Waals surface area (Å²) in [7, 11) is 1.64. The van der Waals surface area contributed by atoms with Gasteiger partial charge in [-0.1, -0.05) is 24.3 Å². The average molecular weight is 303 g/mol. The second-order valence-corrected chi connectivity index (χ2v) is 5.70. The maximum atomic E-state index is 13.9. The van der Waals surface area contributed by atoms with Gasteiger partial charge in [0.15, 0.2) is 11.6 Å². The summed E-state index contributed by atoms with van der Waals surface area (Å²) in [5.74, 6) is -0.696. The minimum Gasteiger partial charge on any atom is -0.497 e. The van der Waals surface area contributed by atoms with E-state index in [0.29, 0.717) is 18.2 Å². The molecule has 1 aliphatic rings. The fourth-order valence-electron chi connectivity index (χ4n) is 2.61. The summed E-state index contributed by atoms with van der Waals surface area (Å²) in [6, 6.07) is 12.7. The quantitative estimate of drug-likeness (QED) is 0.795. The van der Waals surface area contributed by atoms with Crippen LogP contribution in [0.25, 0.3) is 0 Å². The molecule has 0 amide bonds. The van der Waals surface area contributed by atoms with Gasteiger partial charge in [-0.3, -0.25) is 4.90 Å². The normalized spacial score (nSPS) is 14.4. The molecule has 0 heterocycles. The number of hydrogen-bond donors (Lipinski definition) is 0. The summed E-state index contributed by atoms with van der Waals surface area (Å²) in [5, 5.41) is 0. The van der Waals surface area contributed by atoms with Crippen LogP contribution in [0.1, 0.15) is 24.0 Å². The Hall–Kier alpha value is -1.94. The van der Waals surface area contributed by atoms with Crippen molar-refractivity contribution in [3.63, 3.8) is 0 Å². The molecule has 0 N–H and O–H groups in total. The monoisotopic (exact) mass is 303 g/mol. The molecule has 2 aromatic rings. The van der Waals surface area contributed by atoms with Crippen molar-refractivity contribution in [1.29, 1.82) is 0 Å². The topological polar surface area (TPSA) is 12.5 Å². The molecule has 0 saturated heterocycles. The molecule has 2 aromatic carbocycles. The smallest absolute Gasteiger partial charge is 0.163 e. The van der Waals surface area contributed by atoms with Crippen LogP contribution in [0.5, 0.6) is 5.75 Å². The largest absolute Gasteiger partial charge is 0.497 e. The zero-order valence-corrected chi connectivity index (χ0v) is 12.6. The molecule has 0 bridgehead atoms. The van der Waals surface area contributed by atoms with Crippen LogP contribution in [0.2, 0.25) is 0 Å². The van der Waals surface area contributed by atoms with E-state index in [0.717, 1.165) is 36.8 Å². The first-order valence-electron chi connectivity index (χ1n) is 7.47. The average Bonchev–Trinajstić information content (AvgIpc) is 3.36. The Morgan fingerprint density at radius 3 is 2.41 bits per heavy atom. The van der Waals surface area contributed by atoms with Gasteiger partial charge in [-0.15, -0.1) is 0 Å². The SMILES string of the molecule is COc1ccc(CN(Cc2cccc(F)c2F)C2CC2)cc1. The summed E-state index contributed by atoms with van der Waals surface area (Å²) in [6.07, 6.45) is 2.24. The lowest BCUT2D eigenvalue weighted by atomic mass is 10.1. The highest BCUT2D eigenvalue weighted by atomic mass is 19.2. The highest BCUT2D eigenvalue weighted by Crippen LogP contribution is 2.30. The summed E-state index contributed by atoms with van der Waals surface area (Å²) < 4.78 is 32.4. The van der Waals surface area contributed by atoms with Crippen molar-refractivity contribution in [2.75, 3.05) is 7.11 Å². The molecule has 2 nitrogen and oxygen atoms in total. The molecule has 116 valence electrons. The number of methoxy groups -OCH3 is 1. The predicted molar refractivity (Wildman–Crippen MR) is 81.6 cm³/mol. The van der Waals surface area contributed by atoms with E-state index in [4.69, 9.17) is 4.74 Å². The second kappa shape index (κ2) is 6.44. The molecule has 0 aliphatic heterocycles. The third-order valence-electron chi connectivity index (χ3n) is 4.01. The van der Waals surface area contributed by atoms with Crippen LogP contribution >= 0.6 is 0 Å². The minimum absolute atomic E-state index is 0.417. The molecule has 0 radical (unpaired) electrons. The van der Waals surface area contributed by atoms with Crippen LogP contribution < -0.4 is 4.74 Å². The van der Waals surface area contributed by atoms with Gasteiger partial charge in [-0.25, -0.2) is 8.78 Å². The van der Waals surface area contributed by atoms with E-state index >= 15 is 0 Å². The first kappa shape index (κ1) is 15.0. The molecule has 0 aromatic heterocycles.